The second-order valence-corrected chi connectivity index (χ2v) is 4.70. The number of nitrogens with zero attached hydrogens (tertiary/aromatic N) is 3. The number of rotatable bonds is 4. The topological polar surface area (TPSA) is 99.9 Å². The Balaban J connectivity index is 1.78. The molecule has 1 saturated heterocycles. The average molecular weight is 252 g/mol. The van der Waals surface area contributed by atoms with Gasteiger partial charge in [-0.15, -0.1) is 5.10 Å². The van der Waals surface area contributed by atoms with Crippen molar-refractivity contribution >= 4 is 11.9 Å². The Morgan fingerprint density at radius 1 is 1.50 bits per heavy atom. The van der Waals surface area contributed by atoms with E-state index in [-0.39, 0.29) is 17.7 Å². The number of anilines is 1. The van der Waals surface area contributed by atoms with Crippen molar-refractivity contribution in [3.63, 3.8) is 0 Å². The fraction of sp³-hybridized carbons (Fsp3) is 0.727. The number of nitrogens with one attached hydrogen (secondary N) is 2. The summed E-state index contributed by atoms with van der Waals surface area (Å²) in [6, 6.07) is 0.342. The Bertz CT molecular complexity index is 398. The third-order valence-electron chi connectivity index (χ3n) is 3.29. The number of H-pyrrole nitrogens is 1. The zero-order valence-corrected chi connectivity index (χ0v) is 10.6. The zero-order valence-electron chi connectivity index (χ0n) is 10.6. The maximum Gasteiger partial charge on any atom is 0.288 e. The van der Waals surface area contributed by atoms with Crippen LogP contribution in [0.3, 0.4) is 0 Å². The molecule has 7 heteroatoms. The number of carbonyl (C=O) groups excluding carboxylic acids is 1. The minimum Gasteiger partial charge on any atom is -0.366 e. The summed E-state index contributed by atoms with van der Waals surface area (Å²) in [6.45, 7) is 4.97. The van der Waals surface area contributed by atoms with Crippen LogP contribution in [0.1, 0.15) is 36.8 Å². The van der Waals surface area contributed by atoms with E-state index in [0.717, 1.165) is 13.1 Å². The van der Waals surface area contributed by atoms with E-state index in [1.807, 2.05) is 0 Å². The second-order valence-electron chi connectivity index (χ2n) is 4.70. The molecule has 0 saturated carbocycles. The highest BCUT2D eigenvalue weighted by atomic mass is 16.2. The van der Waals surface area contributed by atoms with Crippen molar-refractivity contribution in [1.82, 2.24) is 25.4 Å². The Hall–Kier alpha value is -1.63. The number of piperidine rings is 1. The highest BCUT2D eigenvalue weighted by molar-refractivity contribution is 5.90. The van der Waals surface area contributed by atoms with Gasteiger partial charge in [-0.3, -0.25) is 14.8 Å². The molecule has 0 aromatic carbocycles. The number of aromatic nitrogens is 3. The molecule has 1 fully saturated rings. The molecule has 1 aromatic rings. The molecule has 18 heavy (non-hydrogen) atoms. The van der Waals surface area contributed by atoms with Crippen molar-refractivity contribution in [2.45, 2.75) is 32.2 Å². The van der Waals surface area contributed by atoms with Gasteiger partial charge < -0.3 is 11.1 Å². The molecule has 0 bridgehead atoms. The standard InChI is InChI=1S/C11H20N6O/c1-8(17-5-3-2-4-6-17)7-13-10(18)9-14-11(12)16-15-9/h8H,2-7H2,1H3,(H,13,18)(H3,12,14,15,16). The van der Waals surface area contributed by atoms with E-state index in [1.165, 1.54) is 19.3 Å². The van der Waals surface area contributed by atoms with Gasteiger partial charge in [-0.05, 0) is 32.9 Å². The summed E-state index contributed by atoms with van der Waals surface area (Å²) >= 11 is 0. The molecule has 7 nitrogen and oxygen atoms in total. The number of hydrogen-bond acceptors (Lipinski definition) is 5. The van der Waals surface area contributed by atoms with Crippen molar-refractivity contribution in [2.24, 2.45) is 0 Å². The number of nitrogens with two attached hydrogens (primary N) is 1. The first-order chi connectivity index (χ1) is 8.66. The molecular formula is C11H20N6O. The van der Waals surface area contributed by atoms with E-state index < -0.39 is 0 Å². The van der Waals surface area contributed by atoms with Crippen LogP contribution in [0.15, 0.2) is 0 Å². The van der Waals surface area contributed by atoms with E-state index in [0.29, 0.717) is 12.6 Å². The van der Waals surface area contributed by atoms with E-state index in [4.69, 9.17) is 5.73 Å². The number of carbonyl (C=O) groups is 1. The summed E-state index contributed by atoms with van der Waals surface area (Å²) in [6.07, 6.45) is 3.81. The number of hydrogen-bond donors (Lipinski definition) is 3. The SMILES string of the molecule is CC(CNC(=O)c1nc(N)n[nH]1)N1CCCCC1. The number of likely N-dealkylation sites (tertiary alicyclic amines) is 1. The van der Waals surface area contributed by atoms with Gasteiger partial charge in [0, 0.05) is 12.6 Å². The first-order valence-corrected chi connectivity index (χ1v) is 6.37. The fourth-order valence-corrected chi connectivity index (χ4v) is 2.19. The number of nitrogen functional groups attached to an aromatic ring is 1. The van der Waals surface area contributed by atoms with Gasteiger partial charge >= 0.3 is 0 Å². The van der Waals surface area contributed by atoms with E-state index >= 15 is 0 Å². The molecule has 0 spiro atoms. The molecular weight excluding hydrogens is 232 g/mol. The maximum atomic E-state index is 11.7. The van der Waals surface area contributed by atoms with E-state index in [1.54, 1.807) is 0 Å². The quantitative estimate of drug-likeness (QED) is 0.700. The third-order valence-corrected chi connectivity index (χ3v) is 3.29. The monoisotopic (exact) mass is 252 g/mol. The van der Waals surface area contributed by atoms with Gasteiger partial charge in [-0.2, -0.15) is 4.98 Å². The molecule has 100 valence electrons. The summed E-state index contributed by atoms with van der Waals surface area (Å²) in [5.74, 6) is -0.00867. The largest absolute Gasteiger partial charge is 0.366 e. The lowest BCUT2D eigenvalue weighted by Crippen LogP contribution is -2.44. The molecule has 1 atom stereocenters. The maximum absolute atomic E-state index is 11.7. The van der Waals surface area contributed by atoms with Gasteiger partial charge in [-0.1, -0.05) is 6.42 Å². The van der Waals surface area contributed by atoms with Gasteiger partial charge in [0.05, 0.1) is 0 Å². The molecule has 1 aliphatic rings. The lowest BCUT2D eigenvalue weighted by Gasteiger charge is -2.32. The Kier molecular flexibility index (Phi) is 4.14. The smallest absolute Gasteiger partial charge is 0.288 e. The molecule has 1 unspecified atom stereocenters. The molecule has 2 heterocycles. The van der Waals surface area contributed by atoms with Gasteiger partial charge in [0.2, 0.25) is 11.8 Å². The number of aromatic amines is 1. The van der Waals surface area contributed by atoms with Crippen molar-refractivity contribution in [1.29, 1.82) is 0 Å². The summed E-state index contributed by atoms with van der Waals surface area (Å²) < 4.78 is 0. The van der Waals surface area contributed by atoms with Crippen LogP contribution in [0.5, 0.6) is 0 Å². The second kappa shape index (κ2) is 5.81. The molecule has 0 radical (unpaired) electrons. The molecule has 0 aliphatic carbocycles. The Morgan fingerprint density at radius 2 is 2.22 bits per heavy atom. The summed E-state index contributed by atoms with van der Waals surface area (Å²) in [4.78, 5) is 17.9. The van der Waals surface area contributed by atoms with Crippen LogP contribution in [0, 0.1) is 0 Å². The van der Waals surface area contributed by atoms with Crippen molar-refractivity contribution in [3.8, 4) is 0 Å². The predicted octanol–water partition coefficient (Wildman–Crippen LogP) is -0.00890. The van der Waals surface area contributed by atoms with Gasteiger partial charge in [0.25, 0.3) is 5.91 Å². The lowest BCUT2D eigenvalue weighted by atomic mass is 10.1. The predicted molar refractivity (Wildman–Crippen MR) is 68.0 cm³/mol. The van der Waals surface area contributed by atoms with Crippen LogP contribution in [0.2, 0.25) is 0 Å². The van der Waals surface area contributed by atoms with Gasteiger partial charge in [-0.25, -0.2) is 0 Å². The minimum atomic E-state index is -0.261. The van der Waals surface area contributed by atoms with Crippen LogP contribution in [-0.4, -0.2) is 51.7 Å². The van der Waals surface area contributed by atoms with Crippen LogP contribution in [0.4, 0.5) is 5.95 Å². The minimum absolute atomic E-state index is 0.0872. The molecule has 1 amide bonds. The van der Waals surface area contributed by atoms with Crippen LogP contribution in [0.25, 0.3) is 0 Å². The van der Waals surface area contributed by atoms with Crippen molar-refractivity contribution < 1.29 is 4.79 Å². The molecule has 1 aromatic heterocycles. The van der Waals surface area contributed by atoms with Crippen molar-refractivity contribution in [2.75, 3.05) is 25.4 Å². The molecule has 4 N–H and O–H groups in total. The Morgan fingerprint density at radius 3 is 2.83 bits per heavy atom. The zero-order chi connectivity index (χ0) is 13.0. The van der Waals surface area contributed by atoms with Gasteiger partial charge in [0.15, 0.2) is 0 Å². The normalized spacial score (nSPS) is 18.5. The molecule has 2 rings (SSSR count). The van der Waals surface area contributed by atoms with Crippen LogP contribution < -0.4 is 11.1 Å². The van der Waals surface area contributed by atoms with Crippen LogP contribution >= 0.6 is 0 Å². The highest BCUT2D eigenvalue weighted by Crippen LogP contribution is 2.11. The highest BCUT2D eigenvalue weighted by Gasteiger charge is 2.18. The first-order valence-electron chi connectivity index (χ1n) is 6.37. The van der Waals surface area contributed by atoms with Crippen molar-refractivity contribution in [3.05, 3.63) is 5.82 Å². The Labute approximate surface area is 106 Å². The summed E-state index contributed by atoms with van der Waals surface area (Å²) in [5.41, 5.74) is 5.35. The first kappa shape index (κ1) is 12.8. The lowest BCUT2D eigenvalue weighted by molar-refractivity contribution is 0.0920. The average Bonchev–Trinajstić information content (AvgIpc) is 2.83. The summed E-state index contributed by atoms with van der Waals surface area (Å²) in [7, 11) is 0. The third kappa shape index (κ3) is 3.19. The van der Waals surface area contributed by atoms with Gasteiger partial charge in [0.1, 0.15) is 0 Å². The van der Waals surface area contributed by atoms with E-state index in [9.17, 15) is 4.79 Å². The van der Waals surface area contributed by atoms with E-state index in [2.05, 4.69) is 32.3 Å². The van der Waals surface area contributed by atoms with Crippen LogP contribution in [-0.2, 0) is 0 Å². The fourth-order valence-electron chi connectivity index (χ4n) is 2.19. The molecule has 1 aliphatic heterocycles. The number of amides is 1. The summed E-state index contributed by atoms with van der Waals surface area (Å²) in [5, 5.41) is 8.96.